The van der Waals surface area contributed by atoms with Crippen molar-refractivity contribution in [3.8, 4) is 5.75 Å². The molecule has 0 amide bonds. The Morgan fingerprint density at radius 2 is 1.65 bits per heavy atom. The van der Waals surface area contributed by atoms with E-state index in [1.807, 2.05) is 37.3 Å². The molecule has 0 atom stereocenters. The van der Waals surface area contributed by atoms with Crippen molar-refractivity contribution in [3.05, 3.63) is 112 Å². The molecule has 0 unspecified atom stereocenters. The fraction of sp³-hybridized carbons (Fsp3) is 0.0769. The van der Waals surface area contributed by atoms with Crippen LogP contribution < -0.4 is 9.04 Å². The van der Waals surface area contributed by atoms with Crippen molar-refractivity contribution in [3.63, 3.8) is 0 Å². The van der Waals surface area contributed by atoms with Crippen LogP contribution in [-0.2, 0) is 10.0 Å². The first kappa shape index (κ1) is 21.7. The lowest BCUT2D eigenvalue weighted by Gasteiger charge is -2.33. The first-order chi connectivity index (χ1) is 16.3. The predicted octanol–water partition coefficient (Wildman–Crippen LogP) is 5.69. The fourth-order valence-electron chi connectivity index (χ4n) is 3.99. The van der Waals surface area contributed by atoms with Gasteiger partial charge in [-0.3, -0.25) is 10.1 Å². The van der Waals surface area contributed by atoms with Crippen molar-refractivity contribution in [2.24, 2.45) is 0 Å². The van der Waals surface area contributed by atoms with Crippen molar-refractivity contribution in [1.82, 2.24) is 0 Å². The quantitative estimate of drug-likeness (QED) is 0.281. The number of aryl methyl sites for hydroxylation is 1. The van der Waals surface area contributed by atoms with Crippen LogP contribution in [0, 0.1) is 17.0 Å². The van der Waals surface area contributed by atoms with E-state index in [0.29, 0.717) is 22.7 Å². The van der Waals surface area contributed by atoms with Crippen LogP contribution in [0.15, 0.2) is 95.5 Å². The third kappa shape index (κ3) is 3.78. The van der Waals surface area contributed by atoms with Crippen LogP contribution in [-0.4, -0.2) is 19.9 Å². The summed E-state index contributed by atoms with van der Waals surface area (Å²) in [5.74, 6) is 0.495. The third-order valence-electron chi connectivity index (χ3n) is 5.70. The zero-order valence-corrected chi connectivity index (χ0v) is 19.0. The molecule has 0 spiro atoms. The molecule has 0 aliphatic carbocycles. The second-order valence-electron chi connectivity index (χ2n) is 7.99. The molecule has 0 aromatic heterocycles. The molecule has 0 N–H and O–H groups in total. The molecule has 4 aromatic rings. The lowest BCUT2D eigenvalue weighted by atomic mass is 10.1. The molecule has 7 nitrogen and oxygen atoms in total. The van der Waals surface area contributed by atoms with E-state index in [-0.39, 0.29) is 17.2 Å². The highest BCUT2D eigenvalue weighted by molar-refractivity contribution is 7.93. The van der Waals surface area contributed by atoms with Crippen molar-refractivity contribution in [2.75, 3.05) is 10.9 Å². The number of hydrogen-bond donors (Lipinski definition) is 0. The summed E-state index contributed by atoms with van der Waals surface area (Å²) in [7, 11) is -3.97. The molecule has 170 valence electrons. The molecule has 4 aromatic carbocycles. The monoisotopic (exact) mass is 472 g/mol. The third-order valence-corrected chi connectivity index (χ3v) is 7.48. The molecule has 0 radical (unpaired) electrons. The van der Waals surface area contributed by atoms with Crippen molar-refractivity contribution in [2.45, 2.75) is 11.8 Å². The summed E-state index contributed by atoms with van der Waals surface area (Å²) < 4.78 is 35.2. The maximum Gasteiger partial charge on any atom is 0.269 e. The maximum absolute atomic E-state index is 13.9. The SMILES string of the molecule is Cc1ccc(S(=O)(=O)N2/C(=C/c3ccc([N+](=O)[O-])cc3)COc3c2ccc2ccccc32)cc1. The topological polar surface area (TPSA) is 89.8 Å². The molecule has 34 heavy (non-hydrogen) atoms. The van der Waals surface area contributed by atoms with Crippen molar-refractivity contribution < 1.29 is 18.1 Å². The highest BCUT2D eigenvalue weighted by Gasteiger charge is 2.34. The van der Waals surface area contributed by atoms with Crippen LogP contribution in [0.5, 0.6) is 5.75 Å². The number of sulfonamides is 1. The number of fused-ring (bicyclic) bond motifs is 3. The second kappa shape index (κ2) is 8.31. The average molecular weight is 473 g/mol. The van der Waals surface area contributed by atoms with Crippen molar-refractivity contribution in [1.29, 1.82) is 0 Å². The zero-order valence-electron chi connectivity index (χ0n) is 18.2. The number of anilines is 1. The number of nitrogens with zero attached hydrogens (tertiary/aromatic N) is 2. The number of benzene rings is 4. The second-order valence-corrected chi connectivity index (χ2v) is 9.78. The molecule has 8 heteroatoms. The van der Waals surface area contributed by atoms with E-state index in [2.05, 4.69) is 0 Å². The number of non-ortho nitro benzene ring substituents is 1. The molecule has 0 saturated heterocycles. The fourth-order valence-corrected chi connectivity index (χ4v) is 5.49. The minimum absolute atomic E-state index is 0.0170. The highest BCUT2D eigenvalue weighted by Crippen LogP contribution is 2.44. The van der Waals surface area contributed by atoms with Gasteiger partial charge >= 0.3 is 0 Å². The van der Waals surface area contributed by atoms with E-state index in [1.54, 1.807) is 48.5 Å². The van der Waals surface area contributed by atoms with E-state index >= 15 is 0 Å². The number of ether oxygens (including phenoxy) is 1. The smallest absolute Gasteiger partial charge is 0.269 e. The minimum Gasteiger partial charge on any atom is -0.484 e. The van der Waals surface area contributed by atoms with Crippen LogP contribution in [0.4, 0.5) is 11.4 Å². The molecule has 1 aliphatic rings. The summed E-state index contributed by atoms with van der Waals surface area (Å²) in [6.45, 7) is 1.91. The number of nitro groups is 1. The van der Waals surface area contributed by atoms with Crippen LogP contribution in [0.1, 0.15) is 11.1 Å². The normalized spacial score (nSPS) is 14.6. The molecular weight excluding hydrogens is 452 g/mol. The summed E-state index contributed by atoms with van der Waals surface area (Å²) >= 11 is 0. The van der Waals surface area contributed by atoms with Gasteiger partial charge in [-0.05, 0) is 54.3 Å². The first-order valence-electron chi connectivity index (χ1n) is 10.6. The van der Waals surface area contributed by atoms with Gasteiger partial charge in [0, 0.05) is 17.5 Å². The Balaban J connectivity index is 1.69. The lowest BCUT2D eigenvalue weighted by molar-refractivity contribution is -0.384. The van der Waals surface area contributed by atoms with Gasteiger partial charge < -0.3 is 4.74 Å². The molecule has 0 saturated carbocycles. The molecular formula is C26H20N2O5S. The average Bonchev–Trinajstić information content (AvgIpc) is 2.84. The van der Waals surface area contributed by atoms with Gasteiger partial charge in [-0.2, -0.15) is 0 Å². The summed E-state index contributed by atoms with van der Waals surface area (Å²) in [6, 6.07) is 23.9. The van der Waals surface area contributed by atoms with Gasteiger partial charge in [0.2, 0.25) is 0 Å². The Morgan fingerprint density at radius 1 is 0.941 bits per heavy atom. The Labute approximate surface area is 196 Å². The van der Waals surface area contributed by atoms with E-state index in [1.165, 1.54) is 16.4 Å². The van der Waals surface area contributed by atoms with E-state index < -0.39 is 14.9 Å². The Morgan fingerprint density at radius 3 is 2.35 bits per heavy atom. The van der Waals surface area contributed by atoms with Gasteiger partial charge in [0.1, 0.15) is 6.61 Å². The number of hydrogen-bond acceptors (Lipinski definition) is 5. The largest absolute Gasteiger partial charge is 0.484 e. The first-order valence-corrected chi connectivity index (χ1v) is 12.0. The molecule has 1 aliphatic heterocycles. The maximum atomic E-state index is 13.9. The number of nitro benzene ring substituents is 1. The van der Waals surface area contributed by atoms with Crippen LogP contribution in [0.2, 0.25) is 0 Å². The Kier molecular flexibility index (Phi) is 5.30. The summed E-state index contributed by atoms with van der Waals surface area (Å²) in [5, 5.41) is 12.8. The number of rotatable bonds is 4. The van der Waals surface area contributed by atoms with E-state index in [0.717, 1.165) is 16.3 Å². The van der Waals surface area contributed by atoms with Crippen LogP contribution in [0.25, 0.3) is 16.8 Å². The van der Waals surface area contributed by atoms with E-state index in [4.69, 9.17) is 4.74 Å². The van der Waals surface area contributed by atoms with Gasteiger partial charge in [-0.1, -0.05) is 48.0 Å². The minimum atomic E-state index is -3.97. The molecule has 5 rings (SSSR count). The lowest BCUT2D eigenvalue weighted by Crippen LogP contribution is -2.36. The van der Waals surface area contributed by atoms with Gasteiger partial charge in [0.15, 0.2) is 5.75 Å². The predicted molar refractivity (Wildman–Crippen MR) is 131 cm³/mol. The highest BCUT2D eigenvalue weighted by atomic mass is 32.2. The van der Waals surface area contributed by atoms with Gasteiger partial charge in [0.05, 0.1) is 21.2 Å². The summed E-state index contributed by atoms with van der Waals surface area (Å²) in [4.78, 5) is 10.7. The Bertz CT molecular complexity index is 1540. The van der Waals surface area contributed by atoms with Crippen molar-refractivity contribution >= 4 is 38.2 Å². The molecule has 1 heterocycles. The van der Waals surface area contributed by atoms with Crippen LogP contribution >= 0.6 is 0 Å². The zero-order chi connectivity index (χ0) is 23.9. The van der Waals surface area contributed by atoms with E-state index in [9.17, 15) is 18.5 Å². The molecule has 0 bridgehead atoms. The van der Waals surface area contributed by atoms with Crippen LogP contribution in [0.3, 0.4) is 0 Å². The standard InChI is InChI=1S/C26H20N2O5S/c1-18-6-13-23(14-7-18)34(31,32)27-22(16-19-8-11-21(12-9-19)28(29)30)17-33-26-24-5-3-2-4-20(24)10-15-25(26)27/h2-16H,17H2,1H3/b22-16+. The van der Waals surface area contributed by atoms with Gasteiger partial charge in [-0.15, -0.1) is 0 Å². The molecule has 0 fully saturated rings. The van der Waals surface area contributed by atoms with Gasteiger partial charge in [0.25, 0.3) is 15.7 Å². The van der Waals surface area contributed by atoms with Gasteiger partial charge in [-0.25, -0.2) is 12.7 Å². The summed E-state index contributed by atoms with van der Waals surface area (Å²) in [6.07, 6.45) is 1.67. The Hall–Kier alpha value is -4.17. The summed E-state index contributed by atoms with van der Waals surface area (Å²) in [5.41, 5.74) is 2.35.